The fourth-order valence-corrected chi connectivity index (χ4v) is 5.67. The van der Waals surface area contributed by atoms with Crippen molar-refractivity contribution in [3.63, 3.8) is 0 Å². The summed E-state index contributed by atoms with van der Waals surface area (Å²) in [4.78, 5) is 5.94. The first-order valence-electron chi connectivity index (χ1n) is 7.24. The summed E-state index contributed by atoms with van der Waals surface area (Å²) in [5.41, 5.74) is 0.0272. The average Bonchev–Trinajstić information content (AvgIpc) is 2.43. The van der Waals surface area contributed by atoms with Crippen LogP contribution in [0.3, 0.4) is 0 Å². The van der Waals surface area contributed by atoms with E-state index in [1.165, 1.54) is 12.3 Å². The molecule has 1 spiro atoms. The summed E-state index contributed by atoms with van der Waals surface area (Å²) in [6.07, 6.45) is 3.24. The van der Waals surface area contributed by atoms with E-state index in [4.69, 9.17) is 16.3 Å². The third kappa shape index (κ3) is 3.52. The maximum atomic E-state index is 13.2. The van der Waals surface area contributed by atoms with Crippen LogP contribution in [0.15, 0.2) is 12.3 Å². The summed E-state index contributed by atoms with van der Waals surface area (Å²) in [6.45, 7) is 2.93. The molecular weight excluding hydrogens is 331 g/mol. The molecule has 0 radical (unpaired) electrons. The Bertz CT molecular complexity index is 646. The minimum absolute atomic E-state index is 0.0272. The molecule has 5 nitrogen and oxygen atoms in total. The number of aromatic nitrogens is 1. The minimum atomic E-state index is -2.76. The summed E-state index contributed by atoms with van der Waals surface area (Å²) >= 11 is 5.51. The standard InChI is InChI=1S/C14H18ClFN2O3S/c15-13-12(16)7-11(8-17-13)21-6-5-18-3-1-14(2-4-18)9-22(19,20)10-14/h7-8H,1-6,9-10H2. The summed E-state index contributed by atoms with van der Waals surface area (Å²) in [6, 6.07) is 1.22. The van der Waals surface area contributed by atoms with Gasteiger partial charge in [-0.25, -0.2) is 17.8 Å². The van der Waals surface area contributed by atoms with Crippen molar-refractivity contribution >= 4 is 21.4 Å². The van der Waals surface area contributed by atoms with E-state index in [0.29, 0.717) is 23.9 Å². The monoisotopic (exact) mass is 348 g/mol. The van der Waals surface area contributed by atoms with E-state index >= 15 is 0 Å². The van der Waals surface area contributed by atoms with Gasteiger partial charge in [0.1, 0.15) is 12.4 Å². The normalized spacial score (nSPS) is 23.2. The Morgan fingerprint density at radius 3 is 2.64 bits per heavy atom. The molecule has 0 aromatic carbocycles. The quantitative estimate of drug-likeness (QED) is 0.776. The van der Waals surface area contributed by atoms with E-state index < -0.39 is 15.7 Å². The fourth-order valence-electron chi connectivity index (χ4n) is 3.21. The third-order valence-corrected chi connectivity index (χ3v) is 6.80. The van der Waals surface area contributed by atoms with Gasteiger partial charge in [-0.05, 0) is 25.9 Å². The molecule has 0 bridgehead atoms. The number of rotatable bonds is 4. The zero-order valence-corrected chi connectivity index (χ0v) is 13.7. The molecule has 2 saturated heterocycles. The van der Waals surface area contributed by atoms with Crippen molar-refractivity contribution in [2.75, 3.05) is 37.7 Å². The van der Waals surface area contributed by atoms with Gasteiger partial charge in [0.2, 0.25) is 0 Å². The highest BCUT2D eigenvalue weighted by Gasteiger charge is 2.49. The van der Waals surface area contributed by atoms with E-state index in [1.54, 1.807) is 0 Å². The van der Waals surface area contributed by atoms with Gasteiger partial charge in [0.25, 0.3) is 0 Å². The molecule has 3 rings (SSSR count). The Morgan fingerprint density at radius 2 is 2.05 bits per heavy atom. The van der Waals surface area contributed by atoms with Crippen LogP contribution in [0.4, 0.5) is 4.39 Å². The Kier molecular flexibility index (Phi) is 4.31. The Morgan fingerprint density at radius 1 is 1.36 bits per heavy atom. The molecule has 3 heterocycles. The van der Waals surface area contributed by atoms with E-state index in [2.05, 4.69) is 9.88 Å². The van der Waals surface area contributed by atoms with Crippen LogP contribution in [0, 0.1) is 11.2 Å². The lowest BCUT2D eigenvalue weighted by molar-refractivity contribution is 0.110. The van der Waals surface area contributed by atoms with E-state index in [-0.39, 0.29) is 10.6 Å². The van der Waals surface area contributed by atoms with Crippen LogP contribution in [-0.2, 0) is 9.84 Å². The molecule has 22 heavy (non-hydrogen) atoms. The van der Waals surface area contributed by atoms with Gasteiger partial charge in [-0.2, -0.15) is 0 Å². The SMILES string of the molecule is O=S1(=O)CC2(CCN(CCOc3cnc(Cl)c(F)c3)CC2)C1. The van der Waals surface area contributed by atoms with E-state index in [0.717, 1.165) is 32.5 Å². The second-order valence-electron chi connectivity index (χ2n) is 6.17. The smallest absolute Gasteiger partial charge is 0.164 e. The molecule has 8 heteroatoms. The Hall–Kier alpha value is -0.920. The topological polar surface area (TPSA) is 59.5 Å². The molecule has 2 aliphatic rings. The molecule has 0 saturated carbocycles. The summed E-state index contributed by atoms with van der Waals surface area (Å²) < 4.78 is 41.4. The van der Waals surface area contributed by atoms with Crippen LogP contribution in [-0.4, -0.2) is 56.0 Å². The molecule has 0 unspecified atom stereocenters. The van der Waals surface area contributed by atoms with Gasteiger partial charge >= 0.3 is 0 Å². The zero-order valence-electron chi connectivity index (χ0n) is 12.1. The van der Waals surface area contributed by atoms with Crippen molar-refractivity contribution in [3.8, 4) is 5.75 Å². The molecule has 122 valence electrons. The summed E-state index contributed by atoms with van der Waals surface area (Å²) in [5.74, 6) is 0.464. The number of piperidine rings is 1. The van der Waals surface area contributed by atoms with Gasteiger partial charge in [-0.1, -0.05) is 11.6 Å². The van der Waals surface area contributed by atoms with Gasteiger partial charge in [-0.15, -0.1) is 0 Å². The van der Waals surface area contributed by atoms with Gasteiger partial charge in [-0.3, -0.25) is 4.90 Å². The van der Waals surface area contributed by atoms with Gasteiger partial charge in [0, 0.05) is 18.0 Å². The van der Waals surface area contributed by atoms with Crippen molar-refractivity contribution < 1.29 is 17.5 Å². The number of halogens is 2. The molecule has 1 aromatic rings. The van der Waals surface area contributed by atoms with Crippen molar-refractivity contribution in [1.82, 2.24) is 9.88 Å². The molecule has 1 aromatic heterocycles. The molecule has 0 aliphatic carbocycles. The zero-order chi connectivity index (χ0) is 15.8. The number of hydrogen-bond acceptors (Lipinski definition) is 5. The Balaban J connectivity index is 1.41. The minimum Gasteiger partial charge on any atom is -0.491 e. The lowest BCUT2D eigenvalue weighted by Crippen LogP contribution is -2.54. The first kappa shape index (κ1) is 16.0. The third-order valence-electron chi connectivity index (χ3n) is 4.42. The summed E-state index contributed by atoms with van der Waals surface area (Å²) in [7, 11) is -2.76. The highest BCUT2D eigenvalue weighted by molar-refractivity contribution is 7.92. The number of hydrogen-bond donors (Lipinski definition) is 0. The van der Waals surface area contributed by atoms with Crippen LogP contribution < -0.4 is 4.74 Å². The fraction of sp³-hybridized carbons (Fsp3) is 0.643. The molecule has 0 amide bonds. The molecule has 0 atom stereocenters. The second-order valence-corrected chi connectivity index (χ2v) is 8.59. The molecule has 2 aliphatic heterocycles. The predicted molar refractivity (Wildman–Crippen MR) is 81.5 cm³/mol. The lowest BCUT2D eigenvalue weighted by atomic mass is 9.81. The van der Waals surface area contributed by atoms with Crippen molar-refractivity contribution in [2.45, 2.75) is 12.8 Å². The van der Waals surface area contributed by atoms with Crippen LogP contribution >= 0.6 is 11.6 Å². The number of nitrogens with zero attached hydrogens (tertiary/aromatic N) is 2. The van der Waals surface area contributed by atoms with Crippen molar-refractivity contribution in [2.24, 2.45) is 5.41 Å². The highest BCUT2D eigenvalue weighted by atomic mass is 35.5. The maximum Gasteiger partial charge on any atom is 0.164 e. The van der Waals surface area contributed by atoms with Crippen molar-refractivity contribution in [3.05, 3.63) is 23.2 Å². The molecule has 0 N–H and O–H groups in total. The van der Waals surface area contributed by atoms with Gasteiger partial charge in [0.05, 0.1) is 17.7 Å². The molecule has 2 fully saturated rings. The predicted octanol–water partition coefficient (Wildman–Crippen LogP) is 1.76. The van der Waals surface area contributed by atoms with Gasteiger partial charge in [0.15, 0.2) is 20.8 Å². The largest absolute Gasteiger partial charge is 0.491 e. The first-order chi connectivity index (χ1) is 10.4. The van der Waals surface area contributed by atoms with Crippen LogP contribution in [0.25, 0.3) is 0 Å². The number of sulfone groups is 1. The number of likely N-dealkylation sites (tertiary alicyclic amines) is 1. The molecular formula is C14H18ClFN2O3S. The van der Waals surface area contributed by atoms with E-state index in [9.17, 15) is 12.8 Å². The first-order valence-corrected chi connectivity index (χ1v) is 9.44. The van der Waals surface area contributed by atoms with Crippen molar-refractivity contribution in [1.29, 1.82) is 0 Å². The highest BCUT2D eigenvalue weighted by Crippen LogP contribution is 2.42. The average molecular weight is 349 g/mol. The number of ether oxygens (including phenoxy) is 1. The Labute approximate surface area is 134 Å². The summed E-state index contributed by atoms with van der Waals surface area (Å²) in [5, 5.41) is -0.163. The van der Waals surface area contributed by atoms with Crippen LogP contribution in [0.5, 0.6) is 5.75 Å². The van der Waals surface area contributed by atoms with E-state index in [1.807, 2.05) is 0 Å². The van der Waals surface area contributed by atoms with Crippen LogP contribution in [0.1, 0.15) is 12.8 Å². The lowest BCUT2D eigenvalue weighted by Gasteiger charge is -2.47. The van der Waals surface area contributed by atoms with Gasteiger partial charge < -0.3 is 4.74 Å². The number of pyridine rings is 1. The van der Waals surface area contributed by atoms with Crippen LogP contribution in [0.2, 0.25) is 5.15 Å². The maximum absolute atomic E-state index is 13.2. The second kappa shape index (κ2) is 5.94.